The first-order valence-electron chi connectivity index (χ1n) is 5.67. The SMILES string of the molecule is Nc1cccc(Br)c1Oc1ncnc2ccccc12. The van der Waals surface area contributed by atoms with E-state index < -0.39 is 0 Å². The molecule has 1 heterocycles. The lowest BCUT2D eigenvalue weighted by molar-refractivity contribution is 0.467. The summed E-state index contributed by atoms with van der Waals surface area (Å²) in [6.07, 6.45) is 1.48. The van der Waals surface area contributed by atoms with E-state index in [1.165, 1.54) is 6.33 Å². The number of para-hydroxylation sites is 2. The predicted molar refractivity (Wildman–Crippen MR) is 78.2 cm³/mol. The Morgan fingerprint density at radius 3 is 2.68 bits per heavy atom. The van der Waals surface area contributed by atoms with Crippen LogP contribution in [0.3, 0.4) is 0 Å². The molecule has 0 saturated carbocycles. The topological polar surface area (TPSA) is 61.0 Å². The number of ether oxygens (including phenoxy) is 1. The van der Waals surface area contributed by atoms with Gasteiger partial charge in [0.05, 0.1) is 21.1 Å². The van der Waals surface area contributed by atoms with E-state index >= 15 is 0 Å². The Balaban J connectivity index is 2.11. The van der Waals surface area contributed by atoms with Gasteiger partial charge in [-0.1, -0.05) is 18.2 Å². The van der Waals surface area contributed by atoms with Crippen LogP contribution in [0.25, 0.3) is 10.9 Å². The number of benzene rings is 2. The Morgan fingerprint density at radius 2 is 1.84 bits per heavy atom. The summed E-state index contributed by atoms with van der Waals surface area (Å²) in [6.45, 7) is 0. The van der Waals surface area contributed by atoms with Gasteiger partial charge in [0.2, 0.25) is 5.88 Å². The van der Waals surface area contributed by atoms with Gasteiger partial charge in [0.15, 0.2) is 5.75 Å². The molecule has 0 atom stereocenters. The van der Waals surface area contributed by atoms with Crippen molar-refractivity contribution in [2.45, 2.75) is 0 Å². The third-order valence-corrected chi connectivity index (χ3v) is 3.33. The van der Waals surface area contributed by atoms with Crippen LogP contribution in [0, 0.1) is 0 Å². The second kappa shape index (κ2) is 4.85. The molecule has 3 rings (SSSR count). The van der Waals surface area contributed by atoms with Crippen molar-refractivity contribution < 1.29 is 4.74 Å². The molecule has 2 aromatic carbocycles. The Kier molecular flexibility index (Phi) is 3.05. The van der Waals surface area contributed by atoms with Gasteiger partial charge < -0.3 is 10.5 Å². The lowest BCUT2D eigenvalue weighted by atomic mass is 10.2. The van der Waals surface area contributed by atoms with Crippen LogP contribution in [0.2, 0.25) is 0 Å². The molecule has 0 aliphatic rings. The van der Waals surface area contributed by atoms with Crippen LogP contribution in [0.5, 0.6) is 11.6 Å². The zero-order chi connectivity index (χ0) is 13.2. The van der Waals surface area contributed by atoms with Gasteiger partial charge in [-0.3, -0.25) is 0 Å². The number of anilines is 1. The fraction of sp³-hybridized carbons (Fsp3) is 0. The Bertz CT molecular complexity index is 720. The first-order valence-corrected chi connectivity index (χ1v) is 6.46. The number of hydrogen-bond donors (Lipinski definition) is 1. The predicted octanol–water partition coefficient (Wildman–Crippen LogP) is 3.77. The van der Waals surface area contributed by atoms with Gasteiger partial charge >= 0.3 is 0 Å². The molecule has 0 saturated heterocycles. The standard InChI is InChI=1S/C14H10BrN3O/c15-10-5-3-6-11(16)13(10)19-14-9-4-1-2-7-12(9)17-8-18-14/h1-8H,16H2. The van der Waals surface area contributed by atoms with Gasteiger partial charge in [0.25, 0.3) is 0 Å². The number of rotatable bonds is 2. The minimum atomic E-state index is 0.490. The van der Waals surface area contributed by atoms with Gasteiger partial charge in [-0.05, 0) is 40.2 Å². The summed E-state index contributed by atoms with van der Waals surface area (Å²) >= 11 is 3.42. The molecule has 0 unspecified atom stereocenters. The molecule has 0 fully saturated rings. The lowest BCUT2D eigenvalue weighted by Crippen LogP contribution is -1.95. The van der Waals surface area contributed by atoms with Crippen molar-refractivity contribution in [3.05, 3.63) is 53.3 Å². The zero-order valence-corrected chi connectivity index (χ0v) is 11.5. The Hall–Kier alpha value is -2.14. The van der Waals surface area contributed by atoms with Gasteiger partial charge in [0, 0.05) is 0 Å². The van der Waals surface area contributed by atoms with E-state index in [1.54, 1.807) is 6.07 Å². The van der Waals surface area contributed by atoms with Crippen molar-refractivity contribution >= 4 is 32.5 Å². The smallest absolute Gasteiger partial charge is 0.230 e. The summed E-state index contributed by atoms with van der Waals surface area (Å²) in [7, 11) is 0. The average molecular weight is 316 g/mol. The summed E-state index contributed by atoms with van der Waals surface area (Å²) in [4.78, 5) is 8.37. The summed E-state index contributed by atoms with van der Waals surface area (Å²) in [5, 5.41) is 0.847. The van der Waals surface area contributed by atoms with Crippen molar-refractivity contribution in [2.24, 2.45) is 0 Å². The third kappa shape index (κ3) is 2.24. The Morgan fingerprint density at radius 1 is 1.00 bits per heavy atom. The van der Waals surface area contributed by atoms with Gasteiger partial charge in [-0.15, -0.1) is 0 Å². The first kappa shape index (κ1) is 11.9. The molecule has 0 bridgehead atoms. The molecule has 0 amide bonds. The highest BCUT2D eigenvalue weighted by Crippen LogP contribution is 2.36. The van der Waals surface area contributed by atoms with Gasteiger partial charge in [-0.2, -0.15) is 0 Å². The Labute approximate surface area is 118 Å². The van der Waals surface area contributed by atoms with E-state index in [1.807, 2.05) is 36.4 Å². The van der Waals surface area contributed by atoms with Crippen molar-refractivity contribution in [3.8, 4) is 11.6 Å². The third-order valence-electron chi connectivity index (χ3n) is 2.70. The van der Waals surface area contributed by atoms with Crippen molar-refractivity contribution in [1.29, 1.82) is 0 Å². The second-order valence-corrected chi connectivity index (χ2v) is 4.81. The molecule has 5 heteroatoms. The molecule has 0 spiro atoms. The second-order valence-electron chi connectivity index (χ2n) is 3.96. The number of nitrogens with two attached hydrogens (primary N) is 1. The quantitative estimate of drug-likeness (QED) is 0.731. The number of nitrogens with zero attached hydrogens (tertiary/aromatic N) is 2. The summed E-state index contributed by atoms with van der Waals surface area (Å²) < 4.78 is 6.62. The fourth-order valence-electron chi connectivity index (χ4n) is 1.79. The highest BCUT2D eigenvalue weighted by Gasteiger charge is 2.10. The molecular formula is C14H10BrN3O. The highest BCUT2D eigenvalue weighted by atomic mass is 79.9. The molecule has 3 aromatic rings. The highest BCUT2D eigenvalue weighted by molar-refractivity contribution is 9.10. The number of halogens is 1. The van der Waals surface area contributed by atoms with E-state index in [2.05, 4.69) is 25.9 Å². The number of hydrogen-bond acceptors (Lipinski definition) is 4. The minimum absolute atomic E-state index is 0.490. The largest absolute Gasteiger partial charge is 0.435 e. The average Bonchev–Trinajstić information content (AvgIpc) is 2.43. The van der Waals surface area contributed by atoms with Crippen LogP contribution in [-0.4, -0.2) is 9.97 Å². The molecule has 2 N–H and O–H groups in total. The number of fused-ring (bicyclic) bond motifs is 1. The van der Waals surface area contributed by atoms with Crippen LogP contribution in [0.4, 0.5) is 5.69 Å². The number of nitrogen functional groups attached to an aromatic ring is 1. The molecule has 0 radical (unpaired) electrons. The van der Waals surface area contributed by atoms with Crippen molar-refractivity contribution in [2.75, 3.05) is 5.73 Å². The monoisotopic (exact) mass is 315 g/mol. The molecule has 19 heavy (non-hydrogen) atoms. The lowest BCUT2D eigenvalue weighted by Gasteiger charge is -2.10. The zero-order valence-electron chi connectivity index (χ0n) is 9.88. The van der Waals surface area contributed by atoms with E-state index in [4.69, 9.17) is 10.5 Å². The van der Waals surface area contributed by atoms with Gasteiger partial charge in [0.1, 0.15) is 6.33 Å². The first-order chi connectivity index (χ1) is 9.25. The van der Waals surface area contributed by atoms with Crippen LogP contribution < -0.4 is 10.5 Å². The number of aromatic nitrogens is 2. The van der Waals surface area contributed by atoms with E-state index in [0.29, 0.717) is 17.3 Å². The molecular weight excluding hydrogens is 306 g/mol. The maximum Gasteiger partial charge on any atom is 0.230 e. The van der Waals surface area contributed by atoms with Crippen molar-refractivity contribution in [1.82, 2.24) is 9.97 Å². The maximum absolute atomic E-state index is 5.91. The normalized spacial score (nSPS) is 10.6. The summed E-state index contributed by atoms with van der Waals surface area (Å²) in [6, 6.07) is 13.2. The fourth-order valence-corrected chi connectivity index (χ4v) is 2.25. The molecule has 0 aliphatic carbocycles. The van der Waals surface area contributed by atoms with E-state index in [-0.39, 0.29) is 0 Å². The van der Waals surface area contributed by atoms with Crippen LogP contribution in [0.1, 0.15) is 0 Å². The summed E-state index contributed by atoms with van der Waals surface area (Å²) in [5.41, 5.74) is 7.30. The van der Waals surface area contributed by atoms with Crippen molar-refractivity contribution in [3.63, 3.8) is 0 Å². The molecule has 1 aromatic heterocycles. The van der Waals surface area contributed by atoms with Crippen LogP contribution >= 0.6 is 15.9 Å². The molecule has 0 aliphatic heterocycles. The summed E-state index contributed by atoms with van der Waals surface area (Å²) in [5.74, 6) is 1.05. The maximum atomic E-state index is 5.91. The molecule has 4 nitrogen and oxygen atoms in total. The van der Waals surface area contributed by atoms with E-state index in [9.17, 15) is 0 Å². The van der Waals surface area contributed by atoms with Crippen LogP contribution in [0.15, 0.2) is 53.3 Å². The van der Waals surface area contributed by atoms with Gasteiger partial charge in [-0.25, -0.2) is 9.97 Å². The van der Waals surface area contributed by atoms with E-state index in [0.717, 1.165) is 15.4 Å². The van der Waals surface area contributed by atoms with Crippen LogP contribution in [-0.2, 0) is 0 Å². The molecule has 94 valence electrons. The minimum Gasteiger partial charge on any atom is -0.435 e.